The Morgan fingerprint density at radius 2 is 1.07 bits per heavy atom. The predicted octanol–water partition coefficient (Wildman–Crippen LogP) is 10.6. The zero-order chi connectivity index (χ0) is 39.8. The number of aromatic nitrogens is 3. The monoisotopic (exact) mass is 775 g/mol. The lowest BCUT2D eigenvalue weighted by Crippen LogP contribution is -2.65. The average molecular weight is 776 g/mol. The summed E-state index contributed by atoms with van der Waals surface area (Å²) in [4.78, 5) is 25.6. The minimum Gasteiger partial charge on any atom is -0.324 e. The van der Waals surface area contributed by atoms with Crippen LogP contribution in [-0.2, 0) is 5.41 Å². The third kappa shape index (κ3) is 5.16. The second-order valence-corrected chi connectivity index (χ2v) is 17.3. The van der Waals surface area contributed by atoms with E-state index in [4.69, 9.17) is 24.9 Å². The van der Waals surface area contributed by atoms with Crippen LogP contribution in [-0.4, -0.2) is 26.6 Å². The van der Waals surface area contributed by atoms with E-state index in [1.54, 1.807) is 0 Å². The number of nitrogens with zero attached hydrogens (tertiary/aromatic N) is 6. The summed E-state index contributed by atoms with van der Waals surface area (Å²) in [6, 6.07) is 59.0. The molecule has 7 heteroatoms. The molecule has 1 spiro atoms. The minimum atomic E-state index is -0.372. The normalized spacial score (nSPS) is 26.7. The van der Waals surface area contributed by atoms with Gasteiger partial charge in [0, 0.05) is 33.2 Å². The number of amidine groups is 2. The lowest BCUT2D eigenvalue weighted by molar-refractivity contribution is -0.194. The maximum atomic E-state index is 10.7. The third-order valence-corrected chi connectivity index (χ3v) is 14.7. The molecule has 2 bridgehead atoms. The van der Waals surface area contributed by atoms with Crippen molar-refractivity contribution in [3.05, 3.63) is 197 Å². The van der Waals surface area contributed by atoms with E-state index in [1.165, 1.54) is 36.8 Å². The first-order chi connectivity index (χ1) is 29.6. The number of hydrogen-bond acceptors (Lipinski definition) is 7. The van der Waals surface area contributed by atoms with Crippen LogP contribution < -0.4 is 5.32 Å². The predicted molar refractivity (Wildman–Crippen MR) is 235 cm³/mol. The molecule has 2 heterocycles. The van der Waals surface area contributed by atoms with Gasteiger partial charge in [-0.05, 0) is 89.7 Å². The Morgan fingerprint density at radius 1 is 0.517 bits per heavy atom. The van der Waals surface area contributed by atoms with E-state index in [0.29, 0.717) is 40.3 Å². The van der Waals surface area contributed by atoms with E-state index in [-0.39, 0.29) is 11.6 Å². The van der Waals surface area contributed by atoms with Gasteiger partial charge in [0.15, 0.2) is 23.6 Å². The van der Waals surface area contributed by atoms with Crippen molar-refractivity contribution in [1.29, 1.82) is 5.26 Å². The Labute approximate surface area is 349 Å². The molecular formula is C53H41N7. The molecule has 60 heavy (non-hydrogen) atoms. The lowest BCUT2D eigenvalue weighted by Gasteiger charge is -2.70. The van der Waals surface area contributed by atoms with Gasteiger partial charge in [-0.25, -0.2) is 24.9 Å². The van der Waals surface area contributed by atoms with Crippen molar-refractivity contribution in [2.75, 3.05) is 0 Å². The van der Waals surface area contributed by atoms with Crippen molar-refractivity contribution < 1.29 is 0 Å². The van der Waals surface area contributed by atoms with Crippen molar-refractivity contribution in [3.8, 4) is 40.2 Å². The molecule has 1 N–H and O–H groups in total. The molecule has 7 unspecified atom stereocenters. The van der Waals surface area contributed by atoms with E-state index >= 15 is 0 Å². The fourth-order valence-corrected chi connectivity index (χ4v) is 12.2. The smallest absolute Gasteiger partial charge is 0.169 e. The Bertz CT molecular complexity index is 2850. The molecule has 5 aliphatic rings. The largest absolute Gasteiger partial charge is 0.324 e. The Hall–Kier alpha value is -7.04. The first-order valence-electron chi connectivity index (χ1n) is 21.2. The number of benzene rings is 6. The Kier molecular flexibility index (Phi) is 7.87. The summed E-state index contributed by atoms with van der Waals surface area (Å²) >= 11 is 0. The van der Waals surface area contributed by atoms with E-state index in [9.17, 15) is 5.26 Å². The molecule has 1 aromatic heterocycles. The number of nitriles is 1. The second kappa shape index (κ2) is 13.5. The number of nitrogens with one attached hydrogen (secondary N) is 1. The van der Waals surface area contributed by atoms with Gasteiger partial charge in [0.25, 0.3) is 0 Å². The molecule has 4 saturated carbocycles. The summed E-state index contributed by atoms with van der Waals surface area (Å²) in [5.41, 5.74) is 8.96. The Morgan fingerprint density at radius 3 is 1.70 bits per heavy atom. The van der Waals surface area contributed by atoms with Crippen LogP contribution in [0.5, 0.6) is 0 Å². The van der Waals surface area contributed by atoms with Gasteiger partial charge in [-0.3, -0.25) is 0 Å². The Balaban J connectivity index is 1.02. The summed E-state index contributed by atoms with van der Waals surface area (Å²) < 4.78 is 0. The van der Waals surface area contributed by atoms with Crippen molar-refractivity contribution >= 4 is 11.7 Å². The topological polar surface area (TPSA) is 99.2 Å². The highest BCUT2D eigenvalue weighted by Gasteiger charge is 2.81. The summed E-state index contributed by atoms with van der Waals surface area (Å²) in [6.45, 7) is 0. The van der Waals surface area contributed by atoms with Gasteiger partial charge in [-0.1, -0.05) is 146 Å². The highest BCUT2D eigenvalue weighted by molar-refractivity contribution is 6.16. The van der Waals surface area contributed by atoms with Crippen LogP contribution in [0.3, 0.4) is 0 Å². The maximum Gasteiger partial charge on any atom is 0.169 e. The van der Waals surface area contributed by atoms with E-state index in [1.807, 2.05) is 78.9 Å². The second-order valence-electron chi connectivity index (χ2n) is 17.3. The van der Waals surface area contributed by atoms with Gasteiger partial charge >= 0.3 is 0 Å². The standard InChI is InChI=1S/C53H41N7/c54-32-38-24-25-40(29-44(38)51-59-48(35-18-9-3-10-19-35)56-49(60-51)36-20-11-4-12-21-36)53(43-28-41-27-42-30-45(53)52(41,42)31-43)39-23-13-22-37(26-39)50-57-46(33-14-5-1-6-15-33)55-47(58-50)34-16-7-2-8-17-34/h1-26,29,41-43,45-46H,27-28,30-31H2,(H,55,57,58). The van der Waals surface area contributed by atoms with E-state index in [0.717, 1.165) is 56.9 Å². The van der Waals surface area contributed by atoms with Crippen molar-refractivity contribution in [2.24, 2.45) is 39.1 Å². The zero-order valence-electron chi connectivity index (χ0n) is 33.0. The number of hydrogen-bond donors (Lipinski definition) is 1. The van der Waals surface area contributed by atoms with Crippen LogP contribution in [0.15, 0.2) is 174 Å². The summed E-state index contributed by atoms with van der Waals surface area (Å²) in [5.74, 6) is 5.93. The molecule has 1 aliphatic heterocycles. The average Bonchev–Trinajstić information content (AvgIpc) is 3.83. The zero-order valence-corrected chi connectivity index (χ0v) is 33.0. The van der Waals surface area contributed by atoms with E-state index < -0.39 is 0 Å². The molecule has 7 atom stereocenters. The van der Waals surface area contributed by atoms with Crippen LogP contribution >= 0.6 is 0 Å². The maximum absolute atomic E-state index is 10.7. The molecule has 12 rings (SSSR count). The van der Waals surface area contributed by atoms with Crippen molar-refractivity contribution in [1.82, 2.24) is 20.3 Å². The van der Waals surface area contributed by atoms with Gasteiger partial charge in [-0.15, -0.1) is 0 Å². The van der Waals surface area contributed by atoms with Gasteiger partial charge in [-0.2, -0.15) is 5.26 Å². The minimum absolute atomic E-state index is 0.242. The van der Waals surface area contributed by atoms with Crippen molar-refractivity contribution in [3.63, 3.8) is 0 Å². The molecule has 7 aromatic rings. The number of aliphatic imine (C=N–C) groups is 2. The molecular weight excluding hydrogens is 735 g/mol. The molecule has 0 amide bonds. The fraction of sp³-hybridized carbons (Fsp3) is 0.208. The van der Waals surface area contributed by atoms with Crippen molar-refractivity contribution in [2.45, 2.75) is 37.3 Å². The van der Waals surface area contributed by atoms with Crippen LogP contribution in [0.2, 0.25) is 0 Å². The SMILES string of the molecule is N#Cc1ccc(C2(c3cccc(C4=NC(c5ccccc5)N=C(c5ccccc5)N4)c3)C3CC4CC5CC2C45C3)cc1-c1nc(-c2ccccc2)nc(-c2ccccc2)n1. The molecule has 4 fully saturated rings. The van der Waals surface area contributed by atoms with Crippen LogP contribution in [0, 0.1) is 40.4 Å². The number of fused-ring (bicyclic) bond motifs is 1. The summed E-state index contributed by atoms with van der Waals surface area (Å²) in [6.07, 6.45) is 4.72. The molecule has 288 valence electrons. The first-order valence-corrected chi connectivity index (χ1v) is 21.2. The highest BCUT2D eigenvalue weighted by Crippen LogP contribution is 2.86. The van der Waals surface area contributed by atoms with Gasteiger partial charge in [0.2, 0.25) is 0 Å². The molecule has 0 saturated heterocycles. The molecule has 6 aromatic carbocycles. The van der Waals surface area contributed by atoms with E-state index in [2.05, 4.69) is 96.3 Å². The summed E-state index contributed by atoms with van der Waals surface area (Å²) in [7, 11) is 0. The van der Waals surface area contributed by atoms with Crippen LogP contribution in [0.4, 0.5) is 0 Å². The molecule has 0 radical (unpaired) electrons. The third-order valence-electron chi connectivity index (χ3n) is 14.7. The highest BCUT2D eigenvalue weighted by atomic mass is 15.2. The van der Waals surface area contributed by atoms with Gasteiger partial charge in [0.1, 0.15) is 11.7 Å². The summed E-state index contributed by atoms with van der Waals surface area (Å²) in [5, 5.41) is 14.3. The number of rotatable bonds is 8. The fourth-order valence-electron chi connectivity index (χ4n) is 12.2. The quantitative estimate of drug-likeness (QED) is 0.166. The first kappa shape index (κ1) is 35.0. The van der Waals surface area contributed by atoms with Crippen LogP contribution in [0.25, 0.3) is 34.2 Å². The molecule has 7 nitrogen and oxygen atoms in total. The van der Waals surface area contributed by atoms with Crippen LogP contribution in [0.1, 0.15) is 65.2 Å². The van der Waals surface area contributed by atoms with Gasteiger partial charge in [0.05, 0.1) is 11.6 Å². The van der Waals surface area contributed by atoms with Gasteiger partial charge < -0.3 is 5.32 Å². The molecule has 4 aliphatic carbocycles. The lowest BCUT2D eigenvalue weighted by atomic mass is 9.33.